The molecule has 0 spiro atoms. The van der Waals surface area contributed by atoms with Crippen molar-refractivity contribution in [1.29, 1.82) is 0 Å². The highest BCUT2D eigenvalue weighted by atomic mass is 16.3. The summed E-state index contributed by atoms with van der Waals surface area (Å²) >= 11 is 0. The molecule has 3 heteroatoms. The Bertz CT molecular complexity index is 449. The average Bonchev–Trinajstić information content (AvgIpc) is 2.82. The van der Waals surface area contributed by atoms with Gasteiger partial charge in [-0.25, -0.2) is 4.98 Å². The Hall–Kier alpha value is -1.77. The Balaban J connectivity index is 2.02. The quantitative estimate of drug-likeness (QED) is 0.849. The van der Waals surface area contributed by atoms with Gasteiger partial charge in [0, 0.05) is 17.8 Å². The molecule has 90 valence electrons. The summed E-state index contributed by atoms with van der Waals surface area (Å²) in [6.07, 6.45) is 4.36. The van der Waals surface area contributed by atoms with E-state index in [-0.39, 0.29) is 0 Å². The van der Waals surface area contributed by atoms with Crippen LogP contribution in [0.15, 0.2) is 41.3 Å². The van der Waals surface area contributed by atoms with Crippen LogP contribution in [0.5, 0.6) is 0 Å². The van der Waals surface area contributed by atoms with Gasteiger partial charge >= 0.3 is 0 Å². The SMILES string of the molecule is CC(C)CCNc1cccc(-c2cnco2)c1. The molecule has 1 aromatic heterocycles. The summed E-state index contributed by atoms with van der Waals surface area (Å²) in [5.74, 6) is 1.53. The first kappa shape index (κ1) is 11.7. The summed E-state index contributed by atoms with van der Waals surface area (Å²) in [4.78, 5) is 3.93. The van der Waals surface area contributed by atoms with Gasteiger partial charge in [0.2, 0.25) is 0 Å². The van der Waals surface area contributed by atoms with E-state index >= 15 is 0 Å². The summed E-state index contributed by atoms with van der Waals surface area (Å²) in [7, 11) is 0. The maximum Gasteiger partial charge on any atom is 0.181 e. The van der Waals surface area contributed by atoms with Crippen LogP contribution in [0.1, 0.15) is 20.3 Å². The summed E-state index contributed by atoms with van der Waals surface area (Å²) in [5, 5.41) is 3.42. The second-order valence-electron chi connectivity index (χ2n) is 4.56. The molecule has 0 amide bonds. The molecular formula is C14H18N2O. The maximum atomic E-state index is 5.28. The van der Waals surface area contributed by atoms with Gasteiger partial charge in [-0.1, -0.05) is 26.0 Å². The van der Waals surface area contributed by atoms with Crippen LogP contribution < -0.4 is 5.32 Å². The Morgan fingerprint density at radius 2 is 2.24 bits per heavy atom. The fourth-order valence-electron chi connectivity index (χ4n) is 1.65. The van der Waals surface area contributed by atoms with E-state index < -0.39 is 0 Å². The zero-order chi connectivity index (χ0) is 12.1. The third-order valence-electron chi connectivity index (χ3n) is 2.63. The van der Waals surface area contributed by atoms with Crippen molar-refractivity contribution in [2.75, 3.05) is 11.9 Å². The van der Waals surface area contributed by atoms with Crippen LogP contribution in [0.2, 0.25) is 0 Å². The monoisotopic (exact) mass is 230 g/mol. The predicted molar refractivity (Wildman–Crippen MR) is 69.9 cm³/mol. The first-order chi connectivity index (χ1) is 8.25. The van der Waals surface area contributed by atoms with Crippen LogP contribution in [-0.4, -0.2) is 11.5 Å². The zero-order valence-electron chi connectivity index (χ0n) is 10.3. The topological polar surface area (TPSA) is 38.1 Å². The van der Waals surface area contributed by atoms with E-state index in [0.29, 0.717) is 0 Å². The van der Waals surface area contributed by atoms with Crippen LogP contribution >= 0.6 is 0 Å². The third-order valence-corrected chi connectivity index (χ3v) is 2.63. The van der Waals surface area contributed by atoms with E-state index in [4.69, 9.17) is 4.42 Å². The molecule has 1 heterocycles. The standard InChI is InChI=1S/C14H18N2O/c1-11(2)6-7-16-13-5-3-4-12(8-13)14-9-15-10-17-14/h3-5,8-11,16H,6-7H2,1-2H3. The molecule has 0 bridgehead atoms. The Morgan fingerprint density at radius 3 is 2.94 bits per heavy atom. The lowest BCUT2D eigenvalue weighted by atomic mass is 10.1. The second-order valence-corrected chi connectivity index (χ2v) is 4.56. The lowest BCUT2D eigenvalue weighted by Crippen LogP contribution is -2.04. The minimum Gasteiger partial charge on any atom is -0.444 e. The van der Waals surface area contributed by atoms with Gasteiger partial charge in [0.05, 0.1) is 6.20 Å². The van der Waals surface area contributed by atoms with Gasteiger partial charge in [-0.2, -0.15) is 0 Å². The van der Waals surface area contributed by atoms with Crippen molar-refractivity contribution in [3.63, 3.8) is 0 Å². The maximum absolute atomic E-state index is 5.28. The lowest BCUT2D eigenvalue weighted by Gasteiger charge is -2.09. The molecule has 0 atom stereocenters. The van der Waals surface area contributed by atoms with Crippen LogP contribution in [0.25, 0.3) is 11.3 Å². The summed E-state index contributed by atoms with van der Waals surface area (Å²) in [5.41, 5.74) is 2.18. The summed E-state index contributed by atoms with van der Waals surface area (Å²) < 4.78 is 5.28. The van der Waals surface area contributed by atoms with Crippen LogP contribution in [-0.2, 0) is 0 Å². The molecule has 0 saturated heterocycles. The van der Waals surface area contributed by atoms with E-state index in [9.17, 15) is 0 Å². The normalized spacial score (nSPS) is 10.8. The van der Waals surface area contributed by atoms with Crippen LogP contribution in [0.3, 0.4) is 0 Å². The number of hydrogen-bond donors (Lipinski definition) is 1. The fourth-order valence-corrected chi connectivity index (χ4v) is 1.65. The van der Waals surface area contributed by atoms with E-state index in [1.165, 1.54) is 12.8 Å². The number of hydrogen-bond acceptors (Lipinski definition) is 3. The van der Waals surface area contributed by atoms with Gasteiger partial charge in [-0.3, -0.25) is 0 Å². The number of nitrogens with zero attached hydrogens (tertiary/aromatic N) is 1. The number of benzene rings is 1. The Labute approximate surface area is 102 Å². The van der Waals surface area contributed by atoms with Gasteiger partial charge in [0.25, 0.3) is 0 Å². The molecule has 2 aromatic rings. The summed E-state index contributed by atoms with van der Waals surface area (Å²) in [6, 6.07) is 8.20. The molecule has 0 saturated carbocycles. The molecule has 0 aliphatic carbocycles. The van der Waals surface area contributed by atoms with Gasteiger partial charge in [-0.15, -0.1) is 0 Å². The van der Waals surface area contributed by atoms with Gasteiger partial charge in [0.1, 0.15) is 0 Å². The lowest BCUT2D eigenvalue weighted by molar-refractivity contribution is 0.572. The van der Waals surface area contributed by atoms with Gasteiger partial charge in [-0.05, 0) is 24.5 Å². The largest absolute Gasteiger partial charge is 0.444 e. The molecule has 0 fully saturated rings. The van der Waals surface area contributed by atoms with Gasteiger partial charge < -0.3 is 9.73 Å². The molecule has 0 aliphatic rings. The van der Waals surface area contributed by atoms with Crippen LogP contribution in [0.4, 0.5) is 5.69 Å². The number of rotatable bonds is 5. The number of nitrogens with one attached hydrogen (secondary N) is 1. The molecule has 0 radical (unpaired) electrons. The first-order valence-corrected chi connectivity index (χ1v) is 5.98. The van der Waals surface area contributed by atoms with E-state index in [0.717, 1.165) is 29.5 Å². The highest BCUT2D eigenvalue weighted by Crippen LogP contribution is 2.22. The van der Waals surface area contributed by atoms with Crippen molar-refractivity contribution in [3.8, 4) is 11.3 Å². The van der Waals surface area contributed by atoms with Crippen molar-refractivity contribution in [1.82, 2.24) is 4.98 Å². The predicted octanol–water partition coefficient (Wildman–Crippen LogP) is 3.80. The van der Waals surface area contributed by atoms with Gasteiger partial charge in [0.15, 0.2) is 12.2 Å². The van der Waals surface area contributed by atoms with Crippen molar-refractivity contribution < 1.29 is 4.42 Å². The minimum absolute atomic E-state index is 0.722. The molecular weight excluding hydrogens is 212 g/mol. The van der Waals surface area contributed by atoms with Crippen LogP contribution in [0, 0.1) is 5.92 Å². The summed E-state index contributed by atoms with van der Waals surface area (Å²) in [6.45, 7) is 5.46. The molecule has 1 N–H and O–H groups in total. The van der Waals surface area contributed by atoms with Crippen molar-refractivity contribution in [3.05, 3.63) is 36.9 Å². The molecule has 1 aromatic carbocycles. The second kappa shape index (κ2) is 5.53. The molecule has 3 nitrogen and oxygen atoms in total. The van der Waals surface area contributed by atoms with Crippen molar-refractivity contribution in [2.45, 2.75) is 20.3 Å². The van der Waals surface area contributed by atoms with E-state index in [1.54, 1.807) is 6.20 Å². The van der Waals surface area contributed by atoms with E-state index in [1.807, 2.05) is 12.1 Å². The first-order valence-electron chi connectivity index (χ1n) is 5.98. The van der Waals surface area contributed by atoms with E-state index in [2.05, 4.69) is 36.3 Å². The number of aromatic nitrogens is 1. The molecule has 2 rings (SSSR count). The van der Waals surface area contributed by atoms with Crippen molar-refractivity contribution in [2.24, 2.45) is 5.92 Å². The smallest absolute Gasteiger partial charge is 0.181 e. The molecule has 0 unspecified atom stereocenters. The Morgan fingerprint density at radius 1 is 1.35 bits per heavy atom. The third kappa shape index (κ3) is 3.34. The molecule has 17 heavy (non-hydrogen) atoms. The number of oxazole rings is 1. The highest BCUT2D eigenvalue weighted by Gasteiger charge is 2.02. The minimum atomic E-state index is 0.722. The van der Waals surface area contributed by atoms with Crippen molar-refractivity contribution >= 4 is 5.69 Å². The highest BCUT2D eigenvalue weighted by molar-refractivity contribution is 5.63. The fraction of sp³-hybridized carbons (Fsp3) is 0.357. The Kier molecular flexibility index (Phi) is 3.81. The molecule has 0 aliphatic heterocycles. The number of anilines is 1. The zero-order valence-corrected chi connectivity index (χ0v) is 10.3. The average molecular weight is 230 g/mol.